The van der Waals surface area contributed by atoms with Crippen LogP contribution in [0.25, 0.3) is 0 Å². The fraction of sp³-hybridized carbons (Fsp3) is 0.611. The van der Waals surface area contributed by atoms with Gasteiger partial charge < -0.3 is 10.0 Å². The fourth-order valence-electron chi connectivity index (χ4n) is 3.24. The number of benzene rings is 1. The van der Waals surface area contributed by atoms with Crippen LogP contribution in [-0.4, -0.2) is 37.3 Å². The molecule has 3 rings (SSSR count). The van der Waals surface area contributed by atoms with Crippen molar-refractivity contribution >= 4 is 27.4 Å². The van der Waals surface area contributed by atoms with Gasteiger partial charge in [-0.15, -0.1) is 0 Å². The number of carbonyl (C=O) groups is 1. The summed E-state index contributed by atoms with van der Waals surface area (Å²) >= 11 is 0. The molecule has 1 aliphatic heterocycles. The number of hydrogen-bond acceptors (Lipinski definition) is 4. The van der Waals surface area contributed by atoms with Gasteiger partial charge >= 0.3 is 5.97 Å². The highest BCUT2D eigenvalue weighted by atomic mass is 32.2. The van der Waals surface area contributed by atoms with Gasteiger partial charge in [0.2, 0.25) is 10.0 Å². The summed E-state index contributed by atoms with van der Waals surface area (Å²) in [4.78, 5) is 13.7. The molecular weight excluding hydrogens is 340 g/mol. The summed E-state index contributed by atoms with van der Waals surface area (Å²) in [7, 11) is -3.56. The third-order valence-electron chi connectivity index (χ3n) is 5.41. The minimum absolute atomic E-state index is 0.213. The second kappa shape index (κ2) is 5.90. The predicted octanol–water partition coefficient (Wildman–Crippen LogP) is 3.31. The molecule has 2 aliphatic rings. The standard InChI is InChI=1S/C18H26N2O4S/c1-17(2,3)25(23,24)19-13-4-5-14(16(21)22)15(12-13)20-10-8-18(6-7-18)9-11-20/h4-5,12,19H,6-11H2,1-3H3,(H,21,22). The first-order chi connectivity index (χ1) is 11.5. The van der Waals surface area contributed by atoms with Gasteiger partial charge in [0.05, 0.1) is 21.7 Å². The van der Waals surface area contributed by atoms with E-state index < -0.39 is 20.7 Å². The van der Waals surface area contributed by atoms with Crippen LogP contribution < -0.4 is 9.62 Å². The highest BCUT2D eigenvalue weighted by molar-refractivity contribution is 7.94. The van der Waals surface area contributed by atoms with E-state index >= 15 is 0 Å². The van der Waals surface area contributed by atoms with Gasteiger partial charge in [-0.2, -0.15) is 0 Å². The Hall–Kier alpha value is -1.76. The third kappa shape index (κ3) is 3.61. The van der Waals surface area contributed by atoms with E-state index in [0.717, 1.165) is 25.9 Å². The van der Waals surface area contributed by atoms with Gasteiger partial charge in [-0.25, -0.2) is 13.2 Å². The van der Waals surface area contributed by atoms with E-state index in [1.807, 2.05) is 0 Å². The average molecular weight is 366 g/mol. The number of aromatic carboxylic acids is 1. The number of hydrogen-bond donors (Lipinski definition) is 2. The van der Waals surface area contributed by atoms with Crippen molar-refractivity contribution in [3.8, 4) is 0 Å². The lowest BCUT2D eigenvalue weighted by Gasteiger charge is -2.35. The number of nitrogens with zero attached hydrogens (tertiary/aromatic N) is 1. The Morgan fingerprint density at radius 1 is 1.16 bits per heavy atom. The molecule has 6 nitrogen and oxygen atoms in total. The Morgan fingerprint density at radius 3 is 2.24 bits per heavy atom. The van der Waals surface area contributed by atoms with Crippen LogP contribution in [0.5, 0.6) is 0 Å². The van der Waals surface area contributed by atoms with Gasteiger partial charge in [-0.3, -0.25) is 4.72 Å². The predicted molar refractivity (Wildman–Crippen MR) is 98.8 cm³/mol. The number of sulfonamides is 1. The molecule has 1 aliphatic carbocycles. The quantitative estimate of drug-likeness (QED) is 0.854. The molecule has 0 amide bonds. The number of carboxylic acids is 1. The van der Waals surface area contributed by atoms with E-state index in [1.54, 1.807) is 26.8 Å². The lowest BCUT2D eigenvalue weighted by molar-refractivity contribution is 0.0697. The van der Waals surface area contributed by atoms with Crippen LogP contribution in [0.3, 0.4) is 0 Å². The third-order valence-corrected chi connectivity index (χ3v) is 7.53. The number of nitrogens with one attached hydrogen (secondary N) is 1. The lowest BCUT2D eigenvalue weighted by atomic mass is 9.93. The van der Waals surface area contributed by atoms with Crippen molar-refractivity contribution in [3.05, 3.63) is 23.8 Å². The van der Waals surface area contributed by atoms with Crippen LogP contribution in [0.4, 0.5) is 11.4 Å². The van der Waals surface area contributed by atoms with Crippen LogP contribution in [0.1, 0.15) is 56.8 Å². The number of carboxylic acid groups (broad SMARTS) is 1. The Morgan fingerprint density at radius 2 is 1.76 bits per heavy atom. The van der Waals surface area contributed by atoms with E-state index in [0.29, 0.717) is 16.8 Å². The van der Waals surface area contributed by atoms with E-state index in [1.165, 1.54) is 25.0 Å². The van der Waals surface area contributed by atoms with Crippen LogP contribution in [0.2, 0.25) is 0 Å². The molecule has 138 valence electrons. The van der Waals surface area contributed by atoms with Crippen molar-refractivity contribution < 1.29 is 18.3 Å². The molecule has 0 aromatic heterocycles. The molecule has 1 aromatic rings. The fourth-order valence-corrected chi connectivity index (χ4v) is 3.99. The van der Waals surface area contributed by atoms with Crippen LogP contribution >= 0.6 is 0 Å². The van der Waals surface area contributed by atoms with E-state index in [9.17, 15) is 18.3 Å². The highest BCUT2D eigenvalue weighted by Crippen LogP contribution is 2.54. The first-order valence-corrected chi connectivity index (χ1v) is 10.2. The summed E-state index contributed by atoms with van der Waals surface area (Å²) in [5, 5.41) is 9.50. The molecule has 7 heteroatoms. The van der Waals surface area contributed by atoms with Gasteiger partial charge in [0.25, 0.3) is 0 Å². The Kier molecular flexibility index (Phi) is 4.26. The minimum atomic E-state index is -3.56. The Bertz CT molecular complexity index is 782. The summed E-state index contributed by atoms with van der Waals surface area (Å²) in [6, 6.07) is 4.65. The van der Waals surface area contributed by atoms with E-state index in [4.69, 9.17) is 0 Å². The summed E-state index contributed by atoms with van der Waals surface area (Å²) < 4.78 is 26.4. The van der Waals surface area contributed by atoms with Crippen LogP contribution in [0, 0.1) is 5.41 Å². The Balaban J connectivity index is 1.89. The molecule has 0 bridgehead atoms. The monoisotopic (exact) mass is 366 g/mol. The van der Waals surface area contributed by atoms with Crippen LogP contribution in [-0.2, 0) is 10.0 Å². The van der Waals surface area contributed by atoms with Gasteiger partial charge in [0, 0.05) is 13.1 Å². The second-order valence-electron chi connectivity index (χ2n) is 8.24. The van der Waals surface area contributed by atoms with Crippen molar-refractivity contribution in [2.45, 2.75) is 51.2 Å². The minimum Gasteiger partial charge on any atom is -0.478 e. The second-order valence-corrected chi connectivity index (χ2v) is 10.7. The molecule has 0 unspecified atom stereocenters. The maximum Gasteiger partial charge on any atom is 0.337 e. The largest absolute Gasteiger partial charge is 0.478 e. The van der Waals surface area contributed by atoms with Crippen LogP contribution in [0.15, 0.2) is 18.2 Å². The lowest BCUT2D eigenvalue weighted by Crippen LogP contribution is -2.36. The van der Waals surface area contributed by atoms with Gasteiger partial charge in [0.1, 0.15) is 0 Å². The molecule has 2 fully saturated rings. The smallest absolute Gasteiger partial charge is 0.337 e. The van der Waals surface area contributed by atoms with E-state index in [2.05, 4.69) is 9.62 Å². The maximum atomic E-state index is 12.4. The molecule has 1 saturated heterocycles. The number of piperidine rings is 1. The van der Waals surface area contributed by atoms with Crippen molar-refractivity contribution in [2.24, 2.45) is 5.41 Å². The SMILES string of the molecule is CC(C)(C)S(=O)(=O)Nc1ccc(C(=O)O)c(N2CCC3(CC2)CC3)c1. The van der Waals surface area contributed by atoms with Crippen molar-refractivity contribution in [1.82, 2.24) is 0 Å². The van der Waals surface area contributed by atoms with Gasteiger partial charge in [-0.05, 0) is 70.1 Å². The van der Waals surface area contributed by atoms with Crippen molar-refractivity contribution in [3.63, 3.8) is 0 Å². The number of anilines is 2. The van der Waals surface area contributed by atoms with Gasteiger partial charge in [-0.1, -0.05) is 0 Å². The molecular formula is C18H26N2O4S. The summed E-state index contributed by atoms with van der Waals surface area (Å²) in [6.07, 6.45) is 4.70. The molecule has 2 N–H and O–H groups in total. The topological polar surface area (TPSA) is 86.7 Å². The van der Waals surface area contributed by atoms with Crippen molar-refractivity contribution in [2.75, 3.05) is 22.7 Å². The number of rotatable bonds is 4. The first kappa shape index (κ1) is 18.0. The summed E-state index contributed by atoms with van der Waals surface area (Å²) in [5.74, 6) is -0.994. The highest BCUT2D eigenvalue weighted by Gasteiger charge is 2.44. The van der Waals surface area contributed by atoms with E-state index in [-0.39, 0.29) is 5.56 Å². The molecule has 1 heterocycles. The zero-order valence-corrected chi connectivity index (χ0v) is 15.8. The summed E-state index contributed by atoms with van der Waals surface area (Å²) in [6.45, 7) is 6.51. The van der Waals surface area contributed by atoms with Gasteiger partial charge in [0.15, 0.2) is 0 Å². The molecule has 1 spiro atoms. The Labute approximate surface area is 149 Å². The average Bonchev–Trinajstić information content (AvgIpc) is 3.25. The zero-order chi connectivity index (χ0) is 18.5. The molecule has 1 aromatic carbocycles. The maximum absolute atomic E-state index is 12.4. The summed E-state index contributed by atoms with van der Waals surface area (Å²) in [5.41, 5.74) is 1.70. The normalized spacial score (nSPS) is 19.7. The first-order valence-electron chi connectivity index (χ1n) is 8.68. The molecule has 25 heavy (non-hydrogen) atoms. The zero-order valence-electron chi connectivity index (χ0n) is 15.0. The molecule has 0 atom stereocenters. The van der Waals surface area contributed by atoms with Crippen molar-refractivity contribution in [1.29, 1.82) is 0 Å². The molecule has 0 radical (unpaired) electrons. The molecule has 1 saturated carbocycles.